The average Bonchev–Trinajstić information content (AvgIpc) is 2.15. The zero-order chi connectivity index (χ0) is 10.7. The van der Waals surface area contributed by atoms with Crippen LogP contribution in [-0.2, 0) is 0 Å². The SMILES string of the molecule is CN[C@@H](C)c1ccc(C(F)F)c(F)c1. The lowest BCUT2D eigenvalue weighted by molar-refractivity contribution is 0.146. The lowest BCUT2D eigenvalue weighted by Gasteiger charge is -2.11. The molecule has 1 N–H and O–H groups in total. The number of hydrogen-bond donors (Lipinski definition) is 1. The summed E-state index contributed by atoms with van der Waals surface area (Å²) < 4.78 is 37.5. The Bertz CT molecular complexity index is 312. The Balaban J connectivity index is 3.00. The molecule has 78 valence electrons. The highest BCUT2D eigenvalue weighted by Crippen LogP contribution is 2.24. The Morgan fingerprint density at radius 3 is 2.36 bits per heavy atom. The third-order valence-electron chi connectivity index (χ3n) is 2.19. The minimum absolute atomic E-state index is 0.0452. The summed E-state index contributed by atoms with van der Waals surface area (Å²) in [6.07, 6.45) is -2.76. The summed E-state index contributed by atoms with van der Waals surface area (Å²) in [6, 6.07) is 3.73. The van der Waals surface area contributed by atoms with Gasteiger partial charge in [0, 0.05) is 6.04 Å². The third-order valence-corrected chi connectivity index (χ3v) is 2.19. The number of hydrogen-bond acceptors (Lipinski definition) is 1. The number of rotatable bonds is 3. The van der Waals surface area contributed by atoms with Gasteiger partial charge in [-0.25, -0.2) is 13.2 Å². The Labute approximate surface area is 80.9 Å². The Kier molecular flexibility index (Phi) is 3.52. The maximum Gasteiger partial charge on any atom is 0.266 e. The molecule has 0 saturated heterocycles. The van der Waals surface area contributed by atoms with Crippen LogP contribution in [0.15, 0.2) is 18.2 Å². The quantitative estimate of drug-likeness (QED) is 0.796. The first-order valence-corrected chi connectivity index (χ1v) is 4.31. The standard InChI is InChI=1S/C10H12F3N/c1-6(14-2)7-3-4-8(10(12)13)9(11)5-7/h3-6,10,14H,1-2H3/t6-/m0/s1. The zero-order valence-corrected chi connectivity index (χ0v) is 8.02. The van der Waals surface area contributed by atoms with Crippen molar-refractivity contribution in [2.45, 2.75) is 19.4 Å². The summed E-state index contributed by atoms with van der Waals surface area (Å²) in [4.78, 5) is 0. The average molecular weight is 203 g/mol. The van der Waals surface area contributed by atoms with E-state index in [1.807, 2.05) is 6.92 Å². The maximum atomic E-state index is 13.1. The van der Waals surface area contributed by atoms with Gasteiger partial charge >= 0.3 is 0 Å². The molecule has 1 nitrogen and oxygen atoms in total. The van der Waals surface area contributed by atoms with Crippen LogP contribution in [0.25, 0.3) is 0 Å². The van der Waals surface area contributed by atoms with Crippen LogP contribution in [0, 0.1) is 5.82 Å². The molecule has 4 heteroatoms. The van der Waals surface area contributed by atoms with E-state index in [1.54, 1.807) is 7.05 Å². The second-order valence-electron chi connectivity index (χ2n) is 3.09. The van der Waals surface area contributed by atoms with Crippen LogP contribution >= 0.6 is 0 Å². The second-order valence-corrected chi connectivity index (χ2v) is 3.09. The van der Waals surface area contributed by atoms with Gasteiger partial charge in [0.25, 0.3) is 6.43 Å². The van der Waals surface area contributed by atoms with Crippen LogP contribution in [0.5, 0.6) is 0 Å². The third kappa shape index (κ3) is 2.26. The second kappa shape index (κ2) is 4.46. The van der Waals surface area contributed by atoms with E-state index in [2.05, 4.69) is 5.32 Å². The number of benzene rings is 1. The van der Waals surface area contributed by atoms with Gasteiger partial charge in [-0.15, -0.1) is 0 Å². The van der Waals surface area contributed by atoms with Crippen LogP contribution < -0.4 is 5.32 Å². The molecule has 0 aliphatic rings. The Hall–Kier alpha value is -1.03. The highest BCUT2D eigenvalue weighted by atomic mass is 19.3. The summed E-state index contributed by atoms with van der Waals surface area (Å²) in [5, 5.41) is 2.90. The molecule has 0 aliphatic carbocycles. The molecule has 0 unspecified atom stereocenters. The molecule has 0 radical (unpaired) electrons. The van der Waals surface area contributed by atoms with Crippen molar-refractivity contribution in [3.63, 3.8) is 0 Å². The molecule has 14 heavy (non-hydrogen) atoms. The van der Waals surface area contributed by atoms with Gasteiger partial charge < -0.3 is 5.32 Å². The summed E-state index contributed by atoms with van der Waals surface area (Å²) in [6.45, 7) is 1.83. The summed E-state index contributed by atoms with van der Waals surface area (Å²) in [7, 11) is 1.73. The van der Waals surface area contributed by atoms with Gasteiger partial charge in [0.05, 0.1) is 5.56 Å². The minimum Gasteiger partial charge on any atom is -0.313 e. The highest BCUT2D eigenvalue weighted by molar-refractivity contribution is 5.27. The summed E-state index contributed by atoms with van der Waals surface area (Å²) >= 11 is 0. The molecule has 0 saturated carbocycles. The summed E-state index contributed by atoms with van der Waals surface area (Å²) in [5.41, 5.74) is 0.117. The van der Waals surface area contributed by atoms with Crippen molar-refractivity contribution in [3.05, 3.63) is 35.1 Å². The molecule has 0 bridgehead atoms. The molecule has 0 aliphatic heterocycles. The van der Waals surface area contributed by atoms with Crippen molar-refractivity contribution < 1.29 is 13.2 Å². The number of halogens is 3. The molecule has 0 fully saturated rings. The van der Waals surface area contributed by atoms with E-state index in [-0.39, 0.29) is 6.04 Å². The van der Waals surface area contributed by atoms with Crippen LogP contribution in [-0.4, -0.2) is 7.05 Å². The Morgan fingerprint density at radius 1 is 1.29 bits per heavy atom. The minimum atomic E-state index is -2.76. The number of alkyl halides is 2. The van der Waals surface area contributed by atoms with Crippen molar-refractivity contribution in [1.29, 1.82) is 0 Å². The van der Waals surface area contributed by atoms with E-state index in [4.69, 9.17) is 0 Å². The topological polar surface area (TPSA) is 12.0 Å². The van der Waals surface area contributed by atoms with E-state index in [0.717, 1.165) is 12.1 Å². The molecule has 1 rings (SSSR count). The lowest BCUT2D eigenvalue weighted by atomic mass is 10.1. The molecule has 0 aromatic heterocycles. The predicted molar refractivity (Wildman–Crippen MR) is 48.8 cm³/mol. The molecule has 1 aromatic rings. The fraction of sp³-hybridized carbons (Fsp3) is 0.400. The molecule has 0 amide bonds. The largest absolute Gasteiger partial charge is 0.313 e. The normalized spacial score (nSPS) is 13.3. The van der Waals surface area contributed by atoms with Gasteiger partial charge in [-0.3, -0.25) is 0 Å². The molecule has 0 spiro atoms. The van der Waals surface area contributed by atoms with Gasteiger partial charge in [-0.05, 0) is 25.6 Å². The van der Waals surface area contributed by atoms with E-state index in [1.165, 1.54) is 6.07 Å². The van der Waals surface area contributed by atoms with Gasteiger partial charge in [0.2, 0.25) is 0 Å². The van der Waals surface area contributed by atoms with Crippen molar-refractivity contribution in [3.8, 4) is 0 Å². The zero-order valence-electron chi connectivity index (χ0n) is 8.02. The number of nitrogens with one attached hydrogen (secondary N) is 1. The monoisotopic (exact) mass is 203 g/mol. The van der Waals surface area contributed by atoms with Crippen LogP contribution in [0.1, 0.15) is 30.5 Å². The summed E-state index contributed by atoms with van der Waals surface area (Å²) in [5.74, 6) is -0.848. The van der Waals surface area contributed by atoms with E-state index >= 15 is 0 Å². The maximum absolute atomic E-state index is 13.1. The van der Waals surface area contributed by atoms with Gasteiger partial charge in [-0.2, -0.15) is 0 Å². The van der Waals surface area contributed by atoms with Crippen LogP contribution in [0.2, 0.25) is 0 Å². The molecular weight excluding hydrogens is 191 g/mol. The first-order valence-electron chi connectivity index (χ1n) is 4.31. The van der Waals surface area contributed by atoms with Crippen molar-refractivity contribution >= 4 is 0 Å². The van der Waals surface area contributed by atoms with Crippen LogP contribution in [0.3, 0.4) is 0 Å². The van der Waals surface area contributed by atoms with Crippen molar-refractivity contribution in [2.75, 3.05) is 7.05 Å². The predicted octanol–water partition coefficient (Wildman–Crippen LogP) is 3.04. The van der Waals surface area contributed by atoms with E-state index in [9.17, 15) is 13.2 Å². The Morgan fingerprint density at radius 2 is 1.93 bits per heavy atom. The molecule has 1 aromatic carbocycles. The fourth-order valence-corrected chi connectivity index (χ4v) is 1.16. The van der Waals surface area contributed by atoms with Gasteiger partial charge in [0.1, 0.15) is 5.82 Å². The van der Waals surface area contributed by atoms with Crippen molar-refractivity contribution in [2.24, 2.45) is 0 Å². The highest BCUT2D eigenvalue weighted by Gasteiger charge is 2.14. The van der Waals surface area contributed by atoms with Crippen LogP contribution in [0.4, 0.5) is 13.2 Å². The van der Waals surface area contributed by atoms with Crippen molar-refractivity contribution in [1.82, 2.24) is 5.32 Å². The van der Waals surface area contributed by atoms with Gasteiger partial charge in [0.15, 0.2) is 0 Å². The molecular formula is C10H12F3N. The van der Waals surface area contributed by atoms with E-state index < -0.39 is 17.8 Å². The van der Waals surface area contributed by atoms with Gasteiger partial charge in [-0.1, -0.05) is 12.1 Å². The fourth-order valence-electron chi connectivity index (χ4n) is 1.16. The molecule has 0 heterocycles. The van der Waals surface area contributed by atoms with E-state index in [0.29, 0.717) is 5.56 Å². The first-order chi connectivity index (χ1) is 6.56. The lowest BCUT2D eigenvalue weighted by Crippen LogP contribution is -2.12. The smallest absolute Gasteiger partial charge is 0.266 e. The first kappa shape index (κ1) is 11.0. The molecule has 1 atom stereocenters.